The monoisotopic (exact) mass is 499 g/mol. The average molecular weight is 499 g/mol. The molecular weight excluding hydrogens is 480 g/mol. The van der Waals surface area contributed by atoms with Gasteiger partial charge in [-0.15, -0.1) is 0 Å². The third-order valence-electron chi connectivity index (χ3n) is 4.42. The minimum atomic E-state index is -5.29. The molecule has 0 aliphatic heterocycles. The van der Waals surface area contributed by atoms with Gasteiger partial charge < -0.3 is 9.47 Å². The Hall–Kier alpha value is -2.96. The van der Waals surface area contributed by atoms with Gasteiger partial charge in [0, 0.05) is 0 Å². The fraction of sp³-hybridized carbons (Fsp3) is 0.350. The van der Waals surface area contributed by atoms with Crippen LogP contribution in [0.5, 0.6) is 11.5 Å². The summed E-state index contributed by atoms with van der Waals surface area (Å²) in [6.45, 7) is 0. The molecule has 0 aliphatic rings. The molecule has 0 aliphatic carbocycles. The Kier molecular flexibility index (Phi) is 7.88. The highest BCUT2D eigenvalue weighted by Crippen LogP contribution is 2.46. The van der Waals surface area contributed by atoms with Crippen LogP contribution in [0.25, 0.3) is 0 Å². The van der Waals surface area contributed by atoms with Crippen LogP contribution < -0.4 is 9.47 Å². The lowest BCUT2D eigenvalue weighted by Gasteiger charge is -2.29. The van der Waals surface area contributed by atoms with Gasteiger partial charge >= 0.3 is 22.5 Å². The predicted octanol–water partition coefficient (Wildman–Crippen LogP) is 5.03. The largest absolute Gasteiger partial charge is 0.497 e. The van der Waals surface area contributed by atoms with E-state index in [0.29, 0.717) is 6.26 Å². The van der Waals surface area contributed by atoms with E-state index < -0.39 is 51.1 Å². The Morgan fingerprint density at radius 1 is 0.758 bits per heavy atom. The average Bonchev–Trinajstić information content (AvgIpc) is 2.70. The van der Waals surface area contributed by atoms with Gasteiger partial charge in [0.2, 0.25) is 0 Å². The summed E-state index contributed by atoms with van der Waals surface area (Å²) in [5, 5.41) is 2.89. The summed E-state index contributed by atoms with van der Waals surface area (Å²) in [7, 11) is -2.01. The van der Waals surface area contributed by atoms with E-state index in [0.717, 1.165) is 48.5 Å². The molecule has 2 rings (SSSR count). The summed E-state index contributed by atoms with van der Waals surface area (Å²) in [5.74, 6) is -5.57. The van der Waals surface area contributed by atoms with Gasteiger partial charge in [-0.05, 0) is 35.4 Å². The first-order chi connectivity index (χ1) is 15.2. The molecule has 13 heteroatoms. The maximum Gasteiger partial charge on any atom is 0.401 e. The summed E-state index contributed by atoms with van der Waals surface area (Å²) in [6.07, 6.45) is -10.1. The van der Waals surface area contributed by atoms with E-state index >= 15 is 0 Å². The van der Waals surface area contributed by atoms with Gasteiger partial charge in [0.1, 0.15) is 23.3 Å². The number of benzene rings is 2. The molecule has 6 nitrogen and oxygen atoms in total. The molecule has 0 saturated heterocycles. The van der Waals surface area contributed by atoms with Gasteiger partial charge in [-0.1, -0.05) is 29.4 Å². The molecule has 0 fully saturated rings. The van der Waals surface area contributed by atoms with Gasteiger partial charge in [0.15, 0.2) is 0 Å². The van der Waals surface area contributed by atoms with Gasteiger partial charge in [0.25, 0.3) is 0 Å². The third kappa shape index (κ3) is 7.01. The van der Waals surface area contributed by atoms with E-state index in [1.165, 1.54) is 14.2 Å². The van der Waals surface area contributed by atoms with Gasteiger partial charge in [0.05, 0.1) is 26.2 Å². The van der Waals surface area contributed by atoms with E-state index in [-0.39, 0.29) is 11.5 Å². The molecule has 0 saturated carbocycles. The van der Waals surface area contributed by atoms with Crippen LogP contribution in [-0.2, 0) is 14.4 Å². The Morgan fingerprint density at radius 3 is 1.33 bits per heavy atom. The van der Waals surface area contributed by atoms with Crippen molar-refractivity contribution < 1.29 is 48.5 Å². The number of nitrogens with zero attached hydrogens (tertiary/aromatic N) is 1. The van der Waals surface area contributed by atoms with Crippen LogP contribution in [0.15, 0.2) is 53.7 Å². The van der Waals surface area contributed by atoms with Crippen LogP contribution in [0, 0.1) is 0 Å². The number of halogens is 6. The molecular formula is C20H19F6NO5S. The Bertz CT molecular complexity index is 997. The summed E-state index contributed by atoms with van der Waals surface area (Å²) >= 11 is 0. The number of rotatable bonds is 8. The highest BCUT2D eigenvalue weighted by molar-refractivity contribution is 7.85. The minimum Gasteiger partial charge on any atom is -0.497 e. The number of hydrogen-bond acceptors (Lipinski definition) is 6. The third-order valence-corrected chi connectivity index (χ3v) is 4.77. The van der Waals surface area contributed by atoms with Crippen LogP contribution in [0.4, 0.5) is 26.3 Å². The summed E-state index contributed by atoms with van der Waals surface area (Å²) in [6, 6.07) is 8.14. The maximum atomic E-state index is 14.1. The van der Waals surface area contributed by atoms with E-state index in [4.69, 9.17) is 9.47 Å². The molecule has 0 N–H and O–H groups in total. The standard InChI is InChI=1S/C20H19F6NO5S/c1-30-14-8-4-12(5-9-14)16(19(21,22)23)18(27-32-33(3,28)29)17(20(24,25)26)13-6-10-15(31-2)11-7-13/h4-11,16-17H,1-3H3. The van der Waals surface area contributed by atoms with Gasteiger partial charge in [-0.25, -0.2) is 0 Å². The second kappa shape index (κ2) is 9.89. The lowest BCUT2D eigenvalue weighted by atomic mass is 9.82. The molecule has 0 aromatic heterocycles. The second-order valence-electron chi connectivity index (χ2n) is 6.79. The van der Waals surface area contributed by atoms with Gasteiger partial charge in [-0.3, -0.25) is 4.28 Å². The summed E-state index contributed by atoms with van der Waals surface area (Å²) in [5.41, 5.74) is -2.85. The maximum absolute atomic E-state index is 14.1. The molecule has 2 unspecified atom stereocenters. The zero-order valence-electron chi connectivity index (χ0n) is 17.4. The SMILES string of the molecule is COc1ccc(C(C(=NOS(C)(=O)=O)C(c2ccc(OC)cc2)C(F)(F)F)C(F)(F)F)cc1. The number of ether oxygens (including phenoxy) is 2. The minimum absolute atomic E-state index is 0.160. The Labute approximate surface area is 185 Å². The Morgan fingerprint density at radius 2 is 1.09 bits per heavy atom. The van der Waals surface area contributed by atoms with Crippen molar-refractivity contribution in [1.82, 2.24) is 0 Å². The highest BCUT2D eigenvalue weighted by Gasteiger charge is 2.54. The van der Waals surface area contributed by atoms with E-state index in [1.807, 2.05) is 0 Å². The number of methoxy groups -OCH3 is 2. The topological polar surface area (TPSA) is 74.2 Å². The lowest BCUT2D eigenvalue weighted by Crippen LogP contribution is -2.38. The van der Waals surface area contributed by atoms with Crippen molar-refractivity contribution in [2.75, 3.05) is 20.5 Å². The van der Waals surface area contributed by atoms with E-state index in [1.54, 1.807) is 0 Å². The summed E-state index contributed by atoms with van der Waals surface area (Å²) in [4.78, 5) is 0. The normalized spacial score (nSPS) is 14.2. The van der Waals surface area contributed by atoms with Gasteiger partial charge in [-0.2, -0.15) is 34.8 Å². The molecule has 2 aromatic carbocycles. The van der Waals surface area contributed by atoms with Crippen LogP contribution in [-0.4, -0.2) is 47.0 Å². The fourth-order valence-electron chi connectivity index (χ4n) is 3.03. The van der Waals surface area contributed by atoms with Crippen molar-refractivity contribution in [1.29, 1.82) is 0 Å². The molecule has 0 spiro atoms. The molecule has 0 bridgehead atoms. The molecule has 33 heavy (non-hydrogen) atoms. The Balaban J connectivity index is 2.80. The van der Waals surface area contributed by atoms with Crippen molar-refractivity contribution in [3.05, 3.63) is 59.7 Å². The summed E-state index contributed by atoms with van der Waals surface area (Å²) < 4.78 is 121. The van der Waals surface area contributed by atoms with Crippen LogP contribution >= 0.6 is 0 Å². The molecule has 0 radical (unpaired) electrons. The van der Waals surface area contributed by atoms with Crippen molar-refractivity contribution in [2.45, 2.75) is 24.2 Å². The first-order valence-corrected chi connectivity index (χ1v) is 10.9. The molecule has 2 aromatic rings. The molecule has 182 valence electrons. The smallest absolute Gasteiger partial charge is 0.401 e. The van der Waals surface area contributed by atoms with Crippen molar-refractivity contribution in [3.63, 3.8) is 0 Å². The van der Waals surface area contributed by atoms with Crippen LogP contribution in [0.3, 0.4) is 0 Å². The zero-order chi connectivity index (χ0) is 25.0. The van der Waals surface area contributed by atoms with Crippen LogP contribution in [0.1, 0.15) is 23.0 Å². The first kappa shape index (κ1) is 26.3. The first-order valence-electron chi connectivity index (χ1n) is 9.05. The number of oxime groups is 1. The quantitative estimate of drug-likeness (QED) is 0.290. The number of hydrogen-bond donors (Lipinski definition) is 0. The zero-order valence-corrected chi connectivity index (χ0v) is 18.3. The highest BCUT2D eigenvalue weighted by atomic mass is 32.2. The number of alkyl halides is 6. The van der Waals surface area contributed by atoms with Crippen LogP contribution in [0.2, 0.25) is 0 Å². The van der Waals surface area contributed by atoms with E-state index in [2.05, 4.69) is 9.44 Å². The van der Waals surface area contributed by atoms with Crippen molar-refractivity contribution in [3.8, 4) is 11.5 Å². The molecule has 0 heterocycles. The van der Waals surface area contributed by atoms with Crippen molar-refractivity contribution in [2.24, 2.45) is 5.16 Å². The molecule has 0 amide bonds. The lowest BCUT2D eigenvalue weighted by molar-refractivity contribution is -0.148. The van der Waals surface area contributed by atoms with Crippen molar-refractivity contribution >= 4 is 15.8 Å². The fourth-order valence-corrected chi connectivity index (χ4v) is 3.25. The predicted molar refractivity (Wildman–Crippen MR) is 107 cm³/mol. The van der Waals surface area contributed by atoms with E-state index in [9.17, 15) is 34.8 Å². The molecule has 2 atom stereocenters. The second-order valence-corrected chi connectivity index (χ2v) is 8.35.